The van der Waals surface area contributed by atoms with Crippen LogP contribution < -0.4 is 0 Å². The van der Waals surface area contributed by atoms with Crippen molar-refractivity contribution in [3.63, 3.8) is 0 Å². The third kappa shape index (κ3) is 1.87. The van der Waals surface area contributed by atoms with Gasteiger partial charge in [0.2, 0.25) is 0 Å². The summed E-state index contributed by atoms with van der Waals surface area (Å²) in [6.45, 7) is 5.07. The highest BCUT2D eigenvalue weighted by Gasteiger charge is 2.06. The molecule has 3 heteroatoms. The summed E-state index contributed by atoms with van der Waals surface area (Å²) in [5.41, 5.74) is 3.73. The maximum atomic E-state index is 4.53. The lowest BCUT2D eigenvalue weighted by molar-refractivity contribution is 0.784. The van der Waals surface area contributed by atoms with E-state index in [-0.39, 0.29) is 0 Å². The molecule has 0 saturated carbocycles. The predicted molar refractivity (Wildman–Crippen MR) is 72.6 cm³/mol. The molecular weight excluding hydrogens is 228 g/mol. The van der Waals surface area contributed by atoms with Crippen LogP contribution in [0.25, 0.3) is 10.9 Å². The first kappa shape index (κ1) is 10.5. The van der Waals surface area contributed by atoms with Gasteiger partial charge in [0.25, 0.3) is 0 Å². The van der Waals surface area contributed by atoms with Gasteiger partial charge in [0, 0.05) is 16.6 Å². The smallest absolute Gasteiger partial charge is 0.0898 e. The van der Waals surface area contributed by atoms with Gasteiger partial charge in [-0.3, -0.25) is 0 Å². The highest BCUT2D eigenvalue weighted by atomic mass is 32.1. The van der Waals surface area contributed by atoms with Gasteiger partial charge in [-0.2, -0.15) is 0 Å². The molecule has 0 fully saturated rings. The van der Waals surface area contributed by atoms with E-state index in [2.05, 4.69) is 59.1 Å². The highest BCUT2D eigenvalue weighted by molar-refractivity contribution is 7.09. The summed E-state index contributed by atoms with van der Waals surface area (Å²) < 4.78 is 2.32. The van der Waals surface area contributed by atoms with Crippen molar-refractivity contribution < 1.29 is 0 Å². The minimum atomic E-state index is 0.865. The van der Waals surface area contributed by atoms with E-state index in [1.807, 2.05) is 0 Å². The monoisotopic (exact) mass is 242 g/mol. The zero-order valence-corrected chi connectivity index (χ0v) is 10.8. The molecule has 17 heavy (non-hydrogen) atoms. The van der Waals surface area contributed by atoms with Crippen LogP contribution in [0.15, 0.2) is 35.7 Å². The number of rotatable bonds is 2. The molecule has 86 valence electrons. The summed E-state index contributed by atoms with van der Waals surface area (Å²) in [5.74, 6) is 0. The van der Waals surface area contributed by atoms with Crippen molar-refractivity contribution in [3.05, 3.63) is 52.1 Å². The van der Waals surface area contributed by atoms with Gasteiger partial charge < -0.3 is 4.57 Å². The number of benzene rings is 1. The molecule has 0 radical (unpaired) electrons. The molecule has 0 bridgehead atoms. The Bertz CT molecular complexity index is 664. The van der Waals surface area contributed by atoms with Crippen molar-refractivity contribution in [1.29, 1.82) is 0 Å². The highest BCUT2D eigenvalue weighted by Crippen LogP contribution is 2.21. The van der Waals surface area contributed by atoms with Gasteiger partial charge in [0.15, 0.2) is 0 Å². The number of aromatic nitrogens is 2. The molecule has 0 unspecified atom stereocenters. The maximum absolute atomic E-state index is 4.53. The Morgan fingerprint density at radius 2 is 2.06 bits per heavy atom. The lowest BCUT2D eigenvalue weighted by Crippen LogP contribution is -2.01. The van der Waals surface area contributed by atoms with Crippen LogP contribution in [0.1, 0.15) is 16.4 Å². The third-order valence-electron chi connectivity index (χ3n) is 3.00. The van der Waals surface area contributed by atoms with Gasteiger partial charge in [-0.1, -0.05) is 18.2 Å². The standard InChI is InChI=1S/C14H14N2S/c1-10-7-12-5-3-4-6-14(12)16(10)8-13-9-17-11(2)15-13/h3-7,9H,8H2,1-2H3. The summed E-state index contributed by atoms with van der Waals surface area (Å²) in [4.78, 5) is 4.53. The minimum absolute atomic E-state index is 0.865. The topological polar surface area (TPSA) is 17.8 Å². The van der Waals surface area contributed by atoms with Crippen LogP contribution in [0.5, 0.6) is 0 Å². The van der Waals surface area contributed by atoms with Crippen molar-refractivity contribution in [2.24, 2.45) is 0 Å². The third-order valence-corrected chi connectivity index (χ3v) is 3.83. The molecule has 2 aromatic heterocycles. The summed E-state index contributed by atoms with van der Waals surface area (Å²) >= 11 is 1.71. The lowest BCUT2D eigenvalue weighted by Gasteiger charge is -2.05. The van der Waals surface area contributed by atoms with E-state index in [0.717, 1.165) is 17.2 Å². The van der Waals surface area contributed by atoms with E-state index in [1.54, 1.807) is 11.3 Å². The zero-order valence-electron chi connectivity index (χ0n) is 9.97. The second-order valence-electron chi connectivity index (χ2n) is 4.29. The van der Waals surface area contributed by atoms with Crippen molar-refractivity contribution in [3.8, 4) is 0 Å². The van der Waals surface area contributed by atoms with Crippen molar-refractivity contribution in [2.45, 2.75) is 20.4 Å². The van der Waals surface area contributed by atoms with Gasteiger partial charge in [0.05, 0.1) is 17.2 Å². The summed E-state index contributed by atoms with van der Waals surface area (Å²) in [6.07, 6.45) is 0. The van der Waals surface area contributed by atoms with E-state index >= 15 is 0 Å². The van der Waals surface area contributed by atoms with E-state index in [0.29, 0.717) is 0 Å². The zero-order chi connectivity index (χ0) is 11.8. The van der Waals surface area contributed by atoms with Crippen LogP contribution in [0, 0.1) is 13.8 Å². The van der Waals surface area contributed by atoms with E-state index in [1.165, 1.54) is 16.6 Å². The molecule has 0 saturated heterocycles. The van der Waals surface area contributed by atoms with Gasteiger partial charge >= 0.3 is 0 Å². The molecule has 0 N–H and O–H groups in total. The first-order valence-electron chi connectivity index (χ1n) is 5.70. The van der Waals surface area contributed by atoms with Crippen LogP contribution in [0.4, 0.5) is 0 Å². The summed E-state index contributed by atoms with van der Waals surface area (Å²) in [5, 5.41) is 4.58. The Balaban J connectivity index is 2.08. The molecule has 0 aliphatic rings. The largest absolute Gasteiger partial charge is 0.339 e. The Labute approximate surface area is 105 Å². The molecule has 0 amide bonds. The molecule has 3 aromatic rings. The second-order valence-corrected chi connectivity index (χ2v) is 5.35. The molecule has 0 aliphatic carbocycles. The van der Waals surface area contributed by atoms with E-state index in [4.69, 9.17) is 0 Å². The fourth-order valence-corrected chi connectivity index (χ4v) is 2.80. The van der Waals surface area contributed by atoms with Crippen molar-refractivity contribution in [2.75, 3.05) is 0 Å². The summed E-state index contributed by atoms with van der Waals surface area (Å²) in [6, 6.07) is 10.7. The Kier molecular flexibility index (Phi) is 2.48. The van der Waals surface area contributed by atoms with Gasteiger partial charge in [0.1, 0.15) is 0 Å². The molecule has 3 rings (SSSR count). The molecule has 0 atom stereocenters. The van der Waals surface area contributed by atoms with Crippen molar-refractivity contribution >= 4 is 22.2 Å². The Morgan fingerprint density at radius 3 is 2.82 bits per heavy atom. The number of thiazole rings is 1. The number of hydrogen-bond donors (Lipinski definition) is 0. The lowest BCUT2D eigenvalue weighted by atomic mass is 10.2. The van der Waals surface area contributed by atoms with E-state index < -0.39 is 0 Å². The van der Waals surface area contributed by atoms with Crippen LogP contribution in [-0.4, -0.2) is 9.55 Å². The first-order valence-corrected chi connectivity index (χ1v) is 6.58. The molecular formula is C14H14N2S. The fraction of sp³-hybridized carbons (Fsp3) is 0.214. The van der Waals surface area contributed by atoms with Crippen LogP contribution >= 0.6 is 11.3 Å². The van der Waals surface area contributed by atoms with Gasteiger partial charge in [-0.15, -0.1) is 11.3 Å². The van der Waals surface area contributed by atoms with E-state index in [9.17, 15) is 0 Å². The summed E-state index contributed by atoms with van der Waals surface area (Å²) in [7, 11) is 0. The molecule has 2 heterocycles. The first-order chi connectivity index (χ1) is 8.24. The number of fused-ring (bicyclic) bond motifs is 1. The number of hydrogen-bond acceptors (Lipinski definition) is 2. The predicted octanol–water partition coefficient (Wildman–Crippen LogP) is 3.76. The maximum Gasteiger partial charge on any atom is 0.0898 e. The Hall–Kier alpha value is -1.61. The second kappa shape index (κ2) is 4.00. The number of para-hydroxylation sites is 1. The van der Waals surface area contributed by atoms with Crippen molar-refractivity contribution in [1.82, 2.24) is 9.55 Å². The molecule has 0 aliphatic heterocycles. The normalized spacial score (nSPS) is 11.2. The van der Waals surface area contributed by atoms with Crippen LogP contribution in [0.3, 0.4) is 0 Å². The Morgan fingerprint density at radius 1 is 1.24 bits per heavy atom. The van der Waals surface area contributed by atoms with Crippen LogP contribution in [-0.2, 0) is 6.54 Å². The number of nitrogens with zero attached hydrogens (tertiary/aromatic N) is 2. The SMILES string of the molecule is Cc1nc(Cn2c(C)cc3ccccc32)cs1. The molecule has 0 spiro atoms. The fourth-order valence-electron chi connectivity index (χ4n) is 2.20. The minimum Gasteiger partial charge on any atom is -0.339 e. The average molecular weight is 242 g/mol. The van der Waals surface area contributed by atoms with Gasteiger partial charge in [-0.25, -0.2) is 4.98 Å². The number of aryl methyl sites for hydroxylation is 2. The van der Waals surface area contributed by atoms with Gasteiger partial charge in [-0.05, 0) is 31.4 Å². The molecule has 1 aromatic carbocycles. The average Bonchev–Trinajstić information content (AvgIpc) is 2.85. The quantitative estimate of drug-likeness (QED) is 0.669. The van der Waals surface area contributed by atoms with Crippen LogP contribution in [0.2, 0.25) is 0 Å². The molecule has 2 nitrogen and oxygen atoms in total.